The zero-order chi connectivity index (χ0) is 40.7. The van der Waals surface area contributed by atoms with Crippen LogP contribution in [-0.4, -0.2) is 26.4 Å². The molecule has 0 fully saturated rings. The molecular formula is C54H36N2O6. The van der Waals surface area contributed by atoms with Crippen molar-refractivity contribution in [1.29, 1.82) is 0 Å². The minimum Gasteiger partial charge on any atom is -0.486 e. The molecule has 0 radical (unpaired) electrons. The number of hydrogen-bond acceptors (Lipinski definition) is 8. The van der Waals surface area contributed by atoms with Gasteiger partial charge in [0, 0.05) is 61.8 Å². The van der Waals surface area contributed by atoms with E-state index in [9.17, 15) is 0 Å². The Labute approximate surface area is 355 Å². The minimum atomic E-state index is 0.529. The summed E-state index contributed by atoms with van der Waals surface area (Å²) in [6.45, 7) is 2.16. The topological polar surface area (TPSA) is 69.7 Å². The van der Waals surface area contributed by atoms with Crippen LogP contribution >= 0.6 is 0 Å². The van der Waals surface area contributed by atoms with Gasteiger partial charge in [0.1, 0.15) is 48.8 Å². The SMILES string of the molecule is c1ccc(N(c2ccc3c(c2)OCCO3)c2ccc3c(ccc4c5ccc6oc7c8ccc(N(c9ccccc9)c9ccc%10c(c9)OCCO%10)cc8ccc7c6c5oc34)c2)cc1. The first-order valence-electron chi connectivity index (χ1n) is 20.9. The van der Waals surface area contributed by atoms with E-state index < -0.39 is 0 Å². The predicted molar refractivity (Wildman–Crippen MR) is 247 cm³/mol. The van der Waals surface area contributed by atoms with Crippen molar-refractivity contribution in [3.63, 3.8) is 0 Å². The van der Waals surface area contributed by atoms with E-state index in [-0.39, 0.29) is 0 Å². The molecule has 0 spiro atoms. The van der Waals surface area contributed by atoms with Crippen LogP contribution < -0.4 is 28.7 Å². The molecule has 0 saturated carbocycles. The highest BCUT2D eigenvalue weighted by atomic mass is 16.6. The second-order valence-corrected chi connectivity index (χ2v) is 15.7. The number of anilines is 6. The van der Waals surface area contributed by atoms with Gasteiger partial charge in [0.2, 0.25) is 0 Å². The second-order valence-electron chi connectivity index (χ2n) is 15.7. The summed E-state index contributed by atoms with van der Waals surface area (Å²) in [4.78, 5) is 4.48. The average molecular weight is 809 g/mol. The van der Waals surface area contributed by atoms with Gasteiger partial charge in [0.05, 0.1) is 16.8 Å². The van der Waals surface area contributed by atoms with Crippen molar-refractivity contribution >= 4 is 99.5 Å². The zero-order valence-electron chi connectivity index (χ0n) is 33.3. The Balaban J connectivity index is 0.921. The van der Waals surface area contributed by atoms with Crippen molar-refractivity contribution in [2.45, 2.75) is 0 Å². The van der Waals surface area contributed by atoms with Gasteiger partial charge in [-0.2, -0.15) is 0 Å². The highest BCUT2D eigenvalue weighted by Gasteiger charge is 2.23. The molecule has 298 valence electrons. The summed E-state index contributed by atoms with van der Waals surface area (Å²) in [6, 6.07) is 59.0. The summed E-state index contributed by atoms with van der Waals surface area (Å²) >= 11 is 0. The van der Waals surface area contributed by atoms with Crippen LogP contribution in [0.25, 0.3) is 65.4 Å². The molecule has 0 atom stereocenters. The molecule has 2 aliphatic heterocycles. The molecule has 13 rings (SSSR count). The van der Waals surface area contributed by atoms with Crippen molar-refractivity contribution in [3.8, 4) is 23.0 Å². The van der Waals surface area contributed by atoms with Gasteiger partial charge in [0.15, 0.2) is 23.0 Å². The minimum absolute atomic E-state index is 0.529. The van der Waals surface area contributed by atoms with Crippen LogP contribution in [0.1, 0.15) is 0 Å². The summed E-state index contributed by atoms with van der Waals surface area (Å²) in [7, 11) is 0. The van der Waals surface area contributed by atoms with Crippen molar-refractivity contribution in [3.05, 3.63) is 170 Å². The molecule has 0 unspecified atom stereocenters. The second kappa shape index (κ2) is 13.7. The Bertz CT molecular complexity index is 3560. The number of ether oxygens (including phenoxy) is 4. The van der Waals surface area contributed by atoms with Gasteiger partial charge in [-0.1, -0.05) is 48.5 Å². The molecular weight excluding hydrogens is 773 g/mol. The largest absolute Gasteiger partial charge is 0.486 e. The van der Waals surface area contributed by atoms with E-state index in [4.69, 9.17) is 27.8 Å². The first kappa shape index (κ1) is 34.7. The fraction of sp³-hybridized carbons (Fsp3) is 0.0741. The van der Waals surface area contributed by atoms with E-state index in [1.54, 1.807) is 0 Å². The van der Waals surface area contributed by atoms with E-state index in [1.807, 2.05) is 24.3 Å². The molecule has 2 aromatic heterocycles. The van der Waals surface area contributed by atoms with Crippen LogP contribution in [0.4, 0.5) is 34.1 Å². The molecule has 0 aliphatic carbocycles. The van der Waals surface area contributed by atoms with Gasteiger partial charge in [-0.15, -0.1) is 0 Å². The van der Waals surface area contributed by atoms with Crippen molar-refractivity contribution in [1.82, 2.24) is 0 Å². The van der Waals surface area contributed by atoms with Crippen molar-refractivity contribution in [2.24, 2.45) is 0 Å². The van der Waals surface area contributed by atoms with Crippen LogP contribution in [0, 0.1) is 0 Å². The maximum absolute atomic E-state index is 6.95. The third-order valence-corrected chi connectivity index (χ3v) is 12.1. The van der Waals surface area contributed by atoms with E-state index in [2.05, 4.69) is 155 Å². The summed E-state index contributed by atoms with van der Waals surface area (Å²) in [5.41, 5.74) is 9.37. The first-order valence-corrected chi connectivity index (χ1v) is 20.9. The number of benzene rings is 9. The summed E-state index contributed by atoms with van der Waals surface area (Å²) in [5, 5.41) is 8.31. The molecule has 0 bridgehead atoms. The van der Waals surface area contributed by atoms with Gasteiger partial charge in [-0.25, -0.2) is 0 Å². The molecule has 9 aromatic carbocycles. The van der Waals surface area contributed by atoms with E-state index in [1.165, 1.54) is 0 Å². The van der Waals surface area contributed by atoms with E-state index in [0.717, 1.165) is 123 Å². The van der Waals surface area contributed by atoms with Gasteiger partial charge in [0.25, 0.3) is 0 Å². The molecule has 2 aliphatic rings. The number of nitrogens with zero attached hydrogens (tertiary/aromatic N) is 2. The highest BCUT2D eigenvalue weighted by molar-refractivity contribution is 6.27. The Morgan fingerprint density at radius 2 is 0.742 bits per heavy atom. The van der Waals surface area contributed by atoms with Gasteiger partial charge in [-0.05, 0) is 120 Å². The zero-order valence-corrected chi connectivity index (χ0v) is 33.3. The standard InChI is InChI=1S/C54H36N2O6/c1-3-7-35(8-4-1)55(39-15-22-46-49(31-39)59-27-25-57-46)37-13-19-41-33(29-37)11-17-43-44-21-24-48-51(54(44)62-52(41)43)45-18-12-34-30-38(14-20-42(34)53(45)61-48)56(36-9-5-2-6-10-36)40-16-23-47-50(32-40)60-28-26-58-47/h1-24,29-32H,25-28H2. The molecule has 0 saturated heterocycles. The van der Waals surface area contributed by atoms with Crippen LogP contribution in [-0.2, 0) is 0 Å². The summed E-state index contributed by atoms with van der Waals surface area (Å²) in [6.07, 6.45) is 0. The lowest BCUT2D eigenvalue weighted by molar-refractivity contribution is 0.171. The third-order valence-electron chi connectivity index (χ3n) is 12.1. The lowest BCUT2D eigenvalue weighted by Crippen LogP contribution is -2.16. The lowest BCUT2D eigenvalue weighted by Gasteiger charge is -2.27. The van der Waals surface area contributed by atoms with E-state index >= 15 is 0 Å². The van der Waals surface area contributed by atoms with Crippen LogP contribution in [0.15, 0.2) is 179 Å². The van der Waals surface area contributed by atoms with Crippen LogP contribution in [0.3, 0.4) is 0 Å². The van der Waals surface area contributed by atoms with E-state index in [0.29, 0.717) is 26.4 Å². The maximum atomic E-state index is 6.95. The first-order chi connectivity index (χ1) is 30.7. The quantitative estimate of drug-likeness (QED) is 0.164. The Kier molecular flexibility index (Phi) is 7.69. The number of furan rings is 2. The molecule has 11 aromatic rings. The number of hydrogen-bond donors (Lipinski definition) is 0. The molecule has 0 N–H and O–H groups in total. The van der Waals surface area contributed by atoms with Crippen molar-refractivity contribution in [2.75, 3.05) is 36.2 Å². The smallest absolute Gasteiger partial charge is 0.163 e. The molecule has 62 heavy (non-hydrogen) atoms. The summed E-state index contributed by atoms with van der Waals surface area (Å²) in [5.74, 6) is 3.02. The number of para-hydroxylation sites is 2. The van der Waals surface area contributed by atoms with Gasteiger partial charge < -0.3 is 37.6 Å². The Morgan fingerprint density at radius 3 is 1.31 bits per heavy atom. The van der Waals surface area contributed by atoms with Gasteiger partial charge >= 0.3 is 0 Å². The number of rotatable bonds is 6. The molecule has 4 heterocycles. The fourth-order valence-electron chi connectivity index (χ4n) is 9.31. The number of fused-ring (bicyclic) bond motifs is 13. The molecule has 8 nitrogen and oxygen atoms in total. The molecule has 8 heteroatoms. The van der Waals surface area contributed by atoms with Crippen molar-refractivity contribution < 1.29 is 27.8 Å². The summed E-state index contributed by atoms with van der Waals surface area (Å²) < 4.78 is 37.3. The molecule has 0 amide bonds. The monoisotopic (exact) mass is 808 g/mol. The van der Waals surface area contributed by atoms with Gasteiger partial charge in [-0.3, -0.25) is 0 Å². The highest BCUT2D eigenvalue weighted by Crippen LogP contribution is 2.47. The average Bonchev–Trinajstić information content (AvgIpc) is 3.91. The Morgan fingerprint density at radius 1 is 0.306 bits per heavy atom. The maximum Gasteiger partial charge on any atom is 0.163 e. The third kappa shape index (κ3) is 5.46. The predicted octanol–water partition coefficient (Wildman–Crippen LogP) is 14.3. The normalized spacial score (nSPS) is 13.4. The Hall–Kier alpha value is -8.10. The lowest BCUT2D eigenvalue weighted by atomic mass is 10.0. The van der Waals surface area contributed by atoms with Crippen LogP contribution in [0.5, 0.6) is 23.0 Å². The fourth-order valence-corrected chi connectivity index (χ4v) is 9.31. The van der Waals surface area contributed by atoms with Crippen LogP contribution in [0.2, 0.25) is 0 Å².